The van der Waals surface area contributed by atoms with E-state index >= 15 is 0 Å². The van der Waals surface area contributed by atoms with E-state index in [1.165, 1.54) is 47.9 Å². The van der Waals surface area contributed by atoms with Crippen molar-refractivity contribution in [2.45, 2.75) is 25.7 Å². The second kappa shape index (κ2) is 4.25. The van der Waals surface area contributed by atoms with E-state index in [1.807, 2.05) is 12.1 Å². The molecule has 1 heteroatoms. The number of hydrogen-bond donors (Lipinski definition) is 1. The number of benzene rings is 2. The SMILES string of the molecule is Nc1ccc(-c2ccc3c(c2)CCCC3)cc1. The van der Waals surface area contributed by atoms with Crippen LogP contribution >= 0.6 is 0 Å². The number of anilines is 1. The van der Waals surface area contributed by atoms with Gasteiger partial charge in [-0.1, -0.05) is 30.3 Å². The lowest BCUT2D eigenvalue weighted by Crippen LogP contribution is -2.02. The van der Waals surface area contributed by atoms with Crippen LogP contribution in [0.4, 0.5) is 5.69 Å². The topological polar surface area (TPSA) is 26.0 Å². The maximum Gasteiger partial charge on any atom is 0.0314 e. The summed E-state index contributed by atoms with van der Waals surface area (Å²) in [6.45, 7) is 0. The molecular formula is C16H17N. The standard InChI is InChI=1S/C16H17N/c17-16-9-7-13(8-10-16)15-6-5-12-3-1-2-4-14(12)11-15/h5-11H,1-4,17H2. The summed E-state index contributed by atoms with van der Waals surface area (Å²) >= 11 is 0. The maximum absolute atomic E-state index is 5.72. The molecule has 0 aliphatic heterocycles. The van der Waals surface area contributed by atoms with Crippen LogP contribution in [0.2, 0.25) is 0 Å². The van der Waals surface area contributed by atoms with Gasteiger partial charge in [-0.15, -0.1) is 0 Å². The minimum Gasteiger partial charge on any atom is -0.399 e. The van der Waals surface area contributed by atoms with Crippen LogP contribution in [0.3, 0.4) is 0 Å². The third-order valence-corrected chi connectivity index (χ3v) is 3.59. The quantitative estimate of drug-likeness (QED) is 0.731. The highest BCUT2D eigenvalue weighted by Gasteiger charge is 2.09. The first-order valence-corrected chi connectivity index (χ1v) is 6.31. The van der Waals surface area contributed by atoms with Gasteiger partial charge in [0.15, 0.2) is 0 Å². The number of hydrogen-bond acceptors (Lipinski definition) is 1. The molecule has 0 heterocycles. The summed E-state index contributed by atoms with van der Waals surface area (Å²) in [4.78, 5) is 0. The molecule has 0 aromatic heterocycles. The molecular weight excluding hydrogens is 206 g/mol. The molecule has 0 amide bonds. The Morgan fingerprint density at radius 2 is 1.35 bits per heavy atom. The van der Waals surface area contributed by atoms with E-state index in [4.69, 9.17) is 5.73 Å². The summed E-state index contributed by atoms with van der Waals surface area (Å²) in [5, 5.41) is 0. The molecule has 0 radical (unpaired) electrons. The van der Waals surface area contributed by atoms with E-state index in [-0.39, 0.29) is 0 Å². The molecule has 86 valence electrons. The van der Waals surface area contributed by atoms with Gasteiger partial charge in [0.05, 0.1) is 0 Å². The molecule has 2 aromatic rings. The summed E-state index contributed by atoms with van der Waals surface area (Å²) in [6, 6.07) is 15.0. The Morgan fingerprint density at radius 3 is 2.12 bits per heavy atom. The van der Waals surface area contributed by atoms with Crippen molar-refractivity contribution in [3.8, 4) is 11.1 Å². The van der Waals surface area contributed by atoms with Crippen LogP contribution in [0.5, 0.6) is 0 Å². The largest absolute Gasteiger partial charge is 0.399 e. The Labute approximate surface area is 102 Å². The van der Waals surface area contributed by atoms with E-state index in [1.54, 1.807) is 0 Å². The van der Waals surface area contributed by atoms with Crippen LogP contribution < -0.4 is 5.73 Å². The fourth-order valence-electron chi connectivity index (χ4n) is 2.59. The summed E-state index contributed by atoms with van der Waals surface area (Å²) in [7, 11) is 0. The van der Waals surface area contributed by atoms with Crippen molar-refractivity contribution in [2.75, 3.05) is 5.73 Å². The zero-order chi connectivity index (χ0) is 11.7. The maximum atomic E-state index is 5.72. The third-order valence-electron chi connectivity index (χ3n) is 3.59. The van der Waals surface area contributed by atoms with Crippen LogP contribution in [0.25, 0.3) is 11.1 Å². The molecule has 1 nitrogen and oxygen atoms in total. The number of rotatable bonds is 1. The van der Waals surface area contributed by atoms with E-state index < -0.39 is 0 Å². The molecule has 0 atom stereocenters. The van der Waals surface area contributed by atoms with Gasteiger partial charge in [0.2, 0.25) is 0 Å². The molecule has 3 rings (SSSR count). The van der Waals surface area contributed by atoms with Crippen LogP contribution in [0, 0.1) is 0 Å². The Balaban J connectivity index is 2.01. The zero-order valence-electron chi connectivity index (χ0n) is 9.95. The van der Waals surface area contributed by atoms with Crippen LogP contribution in [-0.2, 0) is 12.8 Å². The van der Waals surface area contributed by atoms with Gasteiger partial charge in [-0.3, -0.25) is 0 Å². The molecule has 1 aliphatic rings. The molecule has 0 fully saturated rings. The van der Waals surface area contributed by atoms with E-state index in [0.29, 0.717) is 0 Å². The van der Waals surface area contributed by atoms with Gasteiger partial charge >= 0.3 is 0 Å². The number of nitrogens with two attached hydrogens (primary N) is 1. The number of fused-ring (bicyclic) bond motifs is 1. The summed E-state index contributed by atoms with van der Waals surface area (Å²) in [6.07, 6.45) is 5.15. The van der Waals surface area contributed by atoms with Crippen LogP contribution in [0.15, 0.2) is 42.5 Å². The van der Waals surface area contributed by atoms with Crippen LogP contribution in [-0.4, -0.2) is 0 Å². The van der Waals surface area contributed by atoms with Crippen molar-refractivity contribution in [2.24, 2.45) is 0 Å². The van der Waals surface area contributed by atoms with Crippen LogP contribution in [0.1, 0.15) is 24.0 Å². The molecule has 0 saturated carbocycles. The van der Waals surface area contributed by atoms with Gasteiger partial charge < -0.3 is 5.73 Å². The lowest BCUT2D eigenvalue weighted by atomic mass is 9.89. The second-order valence-corrected chi connectivity index (χ2v) is 4.81. The fraction of sp³-hybridized carbons (Fsp3) is 0.250. The van der Waals surface area contributed by atoms with Gasteiger partial charge in [0.25, 0.3) is 0 Å². The zero-order valence-corrected chi connectivity index (χ0v) is 9.95. The first-order chi connectivity index (χ1) is 8.33. The second-order valence-electron chi connectivity index (χ2n) is 4.81. The molecule has 0 bridgehead atoms. The average Bonchev–Trinajstić information content (AvgIpc) is 2.39. The van der Waals surface area contributed by atoms with Crippen molar-refractivity contribution in [1.82, 2.24) is 0 Å². The van der Waals surface area contributed by atoms with Gasteiger partial charge in [0.1, 0.15) is 0 Å². The van der Waals surface area contributed by atoms with E-state index in [2.05, 4.69) is 30.3 Å². The molecule has 2 N–H and O–H groups in total. The van der Waals surface area contributed by atoms with Gasteiger partial charge in [0, 0.05) is 5.69 Å². The Kier molecular flexibility index (Phi) is 2.60. The van der Waals surface area contributed by atoms with Gasteiger partial charge in [-0.2, -0.15) is 0 Å². The Hall–Kier alpha value is -1.76. The minimum atomic E-state index is 0.826. The molecule has 0 saturated heterocycles. The third kappa shape index (κ3) is 2.05. The molecule has 17 heavy (non-hydrogen) atoms. The first kappa shape index (κ1) is 10.4. The van der Waals surface area contributed by atoms with Gasteiger partial charge in [-0.25, -0.2) is 0 Å². The monoisotopic (exact) mass is 223 g/mol. The summed E-state index contributed by atoms with van der Waals surface area (Å²) in [5.41, 5.74) is 12.2. The minimum absolute atomic E-state index is 0.826. The smallest absolute Gasteiger partial charge is 0.0314 e. The van der Waals surface area contributed by atoms with Crippen molar-refractivity contribution < 1.29 is 0 Å². The highest BCUT2D eigenvalue weighted by Crippen LogP contribution is 2.27. The van der Waals surface area contributed by atoms with Gasteiger partial charge in [-0.05, 0) is 60.1 Å². The highest BCUT2D eigenvalue weighted by atomic mass is 14.5. The Bertz CT molecular complexity index is 526. The lowest BCUT2D eigenvalue weighted by molar-refractivity contribution is 0.686. The van der Waals surface area contributed by atoms with Crippen molar-refractivity contribution in [3.05, 3.63) is 53.6 Å². The molecule has 1 aliphatic carbocycles. The number of aryl methyl sites for hydroxylation is 2. The molecule has 0 spiro atoms. The fourth-order valence-corrected chi connectivity index (χ4v) is 2.59. The predicted octanol–water partition coefficient (Wildman–Crippen LogP) is 3.81. The highest BCUT2D eigenvalue weighted by molar-refractivity contribution is 5.67. The number of nitrogen functional groups attached to an aromatic ring is 1. The normalized spacial score (nSPS) is 14.4. The van der Waals surface area contributed by atoms with Crippen molar-refractivity contribution >= 4 is 5.69 Å². The van der Waals surface area contributed by atoms with E-state index in [0.717, 1.165) is 5.69 Å². The molecule has 0 unspecified atom stereocenters. The van der Waals surface area contributed by atoms with Crippen molar-refractivity contribution in [3.63, 3.8) is 0 Å². The summed E-state index contributed by atoms with van der Waals surface area (Å²) < 4.78 is 0. The average molecular weight is 223 g/mol. The van der Waals surface area contributed by atoms with Crippen molar-refractivity contribution in [1.29, 1.82) is 0 Å². The van der Waals surface area contributed by atoms with E-state index in [9.17, 15) is 0 Å². The summed E-state index contributed by atoms with van der Waals surface area (Å²) in [5.74, 6) is 0. The molecule has 2 aromatic carbocycles. The predicted molar refractivity (Wildman–Crippen MR) is 72.9 cm³/mol. The Morgan fingerprint density at radius 1 is 0.706 bits per heavy atom. The lowest BCUT2D eigenvalue weighted by Gasteiger charge is -2.16. The first-order valence-electron chi connectivity index (χ1n) is 6.31.